The number of carbonyl (C=O) groups is 1. The van der Waals surface area contributed by atoms with Gasteiger partial charge in [0.1, 0.15) is 5.78 Å². The third-order valence-corrected chi connectivity index (χ3v) is 0.602. The molecular weight excluding hydrogens is 180 g/mol. The van der Waals surface area contributed by atoms with Gasteiger partial charge >= 0.3 is 0 Å². The minimum absolute atomic E-state index is 0.289. The zero-order valence-corrected chi connectivity index (χ0v) is 7.99. The van der Waals surface area contributed by atoms with E-state index in [0.29, 0.717) is 0 Å². The second-order valence-electron chi connectivity index (χ2n) is 1.72. The van der Waals surface area contributed by atoms with Crippen LogP contribution in [-0.4, -0.2) is 11.1 Å². The molecule has 0 fully saturated rings. The summed E-state index contributed by atoms with van der Waals surface area (Å²) in [5.41, 5.74) is 0. The van der Waals surface area contributed by atoms with Gasteiger partial charge in [-0.25, -0.2) is 0 Å². The lowest BCUT2D eigenvalue weighted by Gasteiger charge is -1.80. The summed E-state index contributed by atoms with van der Waals surface area (Å²) in [6, 6.07) is 0. The Morgan fingerprint density at radius 1 is 1.44 bits per heavy atom. The molecule has 0 radical (unpaired) electrons. The zero-order chi connectivity index (χ0) is 7.70. The summed E-state index contributed by atoms with van der Waals surface area (Å²) in [5, 5.41) is 1.06. The van der Waals surface area contributed by atoms with Crippen molar-refractivity contribution in [3.63, 3.8) is 0 Å². The standard InChI is InChI=1S/C5H10O.C2H5Br/c1-3-4-5(2)6;1-2-3/h3-4H2,1-2H3;2H2,1H3. The van der Waals surface area contributed by atoms with E-state index in [0.717, 1.165) is 18.2 Å². The van der Waals surface area contributed by atoms with Gasteiger partial charge in [0.05, 0.1) is 0 Å². The lowest BCUT2D eigenvalue weighted by molar-refractivity contribution is -0.117. The summed E-state index contributed by atoms with van der Waals surface area (Å²) >= 11 is 3.15. The summed E-state index contributed by atoms with van der Waals surface area (Å²) in [5.74, 6) is 0.289. The molecule has 0 amide bonds. The molecule has 0 unspecified atom stereocenters. The Hall–Kier alpha value is 0.150. The number of alkyl halides is 1. The first-order valence-electron chi connectivity index (χ1n) is 3.24. The van der Waals surface area contributed by atoms with Crippen molar-refractivity contribution in [2.45, 2.75) is 33.6 Å². The van der Waals surface area contributed by atoms with Crippen LogP contribution in [0.3, 0.4) is 0 Å². The lowest BCUT2D eigenvalue weighted by atomic mass is 10.3. The lowest BCUT2D eigenvalue weighted by Crippen LogP contribution is -1.84. The average molecular weight is 195 g/mol. The van der Waals surface area contributed by atoms with Crippen molar-refractivity contribution in [3.05, 3.63) is 0 Å². The van der Waals surface area contributed by atoms with Crippen molar-refractivity contribution < 1.29 is 4.79 Å². The first kappa shape index (κ1) is 11.9. The largest absolute Gasteiger partial charge is 0.300 e. The molecule has 0 aromatic heterocycles. The van der Waals surface area contributed by atoms with Gasteiger partial charge in [0.2, 0.25) is 0 Å². The highest BCUT2D eigenvalue weighted by molar-refractivity contribution is 9.09. The minimum atomic E-state index is 0.289. The number of carbonyl (C=O) groups excluding carboxylic acids is 1. The van der Waals surface area contributed by atoms with Crippen molar-refractivity contribution in [3.8, 4) is 0 Å². The number of hydrogen-bond donors (Lipinski definition) is 0. The summed E-state index contributed by atoms with van der Waals surface area (Å²) in [7, 11) is 0. The Bertz CT molecular complexity index is 61.9. The van der Waals surface area contributed by atoms with E-state index in [4.69, 9.17) is 0 Å². The molecule has 0 heterocycles. The molecule has 0 aliphatic carbocycles. The molecule has 0 aromatic carbocycles. The Morgan fingerprint density at radius 2 is 1.78 bits per heavy atom. The van der Waals surface area contributed by atoms with Crippen molar-refractivity contribution in [2.24, 2.45) is 0 Å². The highest BCUT2D eigenvalue weighted by Gasteiger charge is 1.83. The maximum atomic E-state index is 10.0. The highest BCUT2D eigenvalue weighted by Crippen LogP contribution is 1.84. The molecule has 0 saturated carbocycles. The Morgan fingerprint density at radius 3 is 1.78 bits per heavy atom. The fourth-order valence-electron chi connectivity index (χ4n) is 0.352. The molecule has 0 bridgehead atoms. The van der Waals surface area contributed by atoms with E-state index in [9.17, 15) is 4.79 Å². The quantitative estimate of drug-likeness (QED) is 0.619. The van der Waals surface area contributed by atoms with E-state index >= 15 is 0 Å². The van der Waals surface area contributed by atoms with Crippen LogP contribution in [0.15, 0.2) is 0 Å². The SMILES string of the molecule is CCBr.CCCC(C)=O. The number of halogens is 1. The third kappa shape index (κ3) is 31.1. The molecule has 1 nitrogen and oxygen atoms in total. The molecule has 0 aliphatic heterocycles. The van der Waals surface area contributed by atoms with Crippen LogP contribution in [0, 0.1) is 0 Å². The van der Waals surface area contributed by atoms with Crippen molar-refractivity contribution in [1.82, 2.24) is 0 Å². The number of ketones is 1. The molecule has 0 atom stereocenters. The minimum Gasteiger partial charge on any atom is -0.300 e. The van der Waals surface area contributed by atoms with Gasteiger partial charge in [-0.3, -0.25) is 0 Å². The van der Waals surface area contributed by atoms with Gasteiger partial charge < -0.3 is 4.79 Å². The van der Waals surface area contributed by atoms with Gasteiger partial charge in [-0.2, -0.15) is 0 Å². The highest BCUT2D eigenvalue weighted by atomic mass is 79.9. The van der Waals surface area contributed by atoms with Crippen LogP contribution in [0.4, 0.5) is 0 Å². The Balaban J connectivity index is 0. The van der Waals surface area contributed by atoms with Gasteiger partial charge in [0, 0.05) is 11.8 Å². The van der Waals surface area contributed by atoms with Crippen LogP contribution in [0.2, 0.25) is 0 Å². The smallest absolute Gasteiger partial charge is 0.129 e. The average Bonchev–Trinajstić information content (AvgIpc) is 1.67. The Labute approximate surface area is 66.0 Å². The van der Waals surface area contributed by atoms with E-state index in [1.807, 2.05) is 13.8 Å². The summed E-state index contributed by atoms with van der Waals surface area (Å²) in [4.78, 5) is 10.0. The first-order valence-corrected chi connectivity index (χ1v) is 4.36. The third-order valence-electron chi connectivity index (χ3n) is 0.602. The van der Waals surface area contributed by atoms with Gasteiger partial charge in [0.25, 0.3) is 0 Å². The second kappa shape index (κ2) is 11.0. The number of rotatable bonds is 2. The van der Waals surface area contributed by atoms with Crippen LogP contribution in [0.25, 0.3) is 0 Å². The predicted octanol–water partition coefficient (Wildman–Crippen LogP) is 2.78. The van der Waals surface area contributed by atoms with Crippen molar-refractivity contribution in [1.29, 1.82) is 0 Å². The molecule has 0 saturated heterocycles. The molecule has 9 heavy (non-hydrogen) atoms. The normalized spacial score (nSPS) is 7.56. The molecule has 0 N–H and O–H groups in total. The molecule has 2 heteroatoms. The molecule has 0 aromatic rings. The van der Waals surface area contributed by atoms with E-state index < -0.39 is 0 Å². The first-order chi connectivity index (χ1) is 4.18. The number of hydrogen-bond acceptors (Lipinski definition) is 1. The van der Waals surface area contributed by atoms with Gasteiger partial charge in [-0.05, 0) is 13.3 Å². The molecule has 0 spiro atoms. The fraction of sp³-hybridized carbons (Fsp3) is 0.857. The van der Waals surface area contributed by atoms with Crippen molar-refractivity contribution in [2.75, 3.05) is 5.33 Å². The zero-order valence-electron chi connectivity index (χ0n) is 6.41. The van der Waals surface area contributed by atoms with Gasteiger partial charge in [-0.1, -0.05) is 29.8 Å². The van der Waals surface area contributed by atoms with E-state index in [1.54, 1.807) is 6.92 Å². The van der Waals surface area contributed by atoms with Gasteiger partial charge in [0.15, 0.2) is 0 Å². The van der Waals surface area contributed by atoms with Crippen LogP contribution < -0.4 is 0 Å². The van der Waals surface area contributed by atoms with E-state index in [1.165, 1.54) is 0 Å². The molecule has 0 rings (SSSR count). The molecule has 56 valence electrons. The van der Waals surface area contributed by atoms with Gasteiger partial charge in [-0.15, -0.1) is 0 Å². The Kier molecular flexibility index (Phi) is 14.6. The molecular formula is C7H15BrO. The summed E-state index contributed by atoms with van der Waals surface area (Å²) in [6.07, 6.45) is 1.72. The summed E-state index contributed by atoms with van der Waals surface area (Å²) in [6.45, 7) is 5.66. The van der Waals surface area contributed by atoms with Crippen LogP contribution >= 0.6 is 15.9 Å². The topological polar surface area (TPSA) is 17.1 Å². The monoisotopic (exact) mass is 194 g/mol. The van der Waals surface area contributed by atoms with Crippen LogP contribution in [-0.2, 0) is 4.79 Å². The predicted molar refractivity (Wildman–Crippen MR) is 45.1 cm³/mol. The number of Topliss-reactive ketones (excluding diaryl/α,β-unsaturated/α-hetero) is 1. The fourth-order valence-corrected chi connectivity index (χ4v) is 0.352. The van der Waals surface area contributed by atoms with Crippen LogP contribution in [0.5, 0.6) is 0 Å². The second-order valence-corrected chi connectivity index (χ2v) is 2.84. The van der Waals surface area contributed by atoms with E-state index in [-0.39, 0.29) is 5.78 Å². The van der Waals surface area contributed by atoms with Crippen molar-refractivity contribution >= 4 is 21.7 Å². The maximum absolute atomic E-state index is 10.0. The summed E-state index contributed by atoms with van der Waals surface area (Å²) < 4.78 is 0. The maximum Gasteiger partial charge on any atom is 0.129 e. The van der Waals surface area contributed by atoms with E-state index in [2.05, 4.69) is 15.9 Å². The molecule has 0 aliphatic rings. The van der Waals surface area contributed by atoms with Crippen LogP contribution in [0.1, 0.15) is 33.6 Å².